The zero-order valence-corrected chi connectivity index (χ0v) is 18.9. The van der Waals surface area contributed by atoms with Crippen molar-refractivity contribution >= 4 is 17.7 Å². The third kappa shape index (κ3) is 4.78. The van der Waals surface area contributed by atoms with Gasteiger partial charge in [0.15, 0.2) is 11.0 Å². The van der Waals surface area contributed by atoms with Crippen molar-refractivity contribution in [1.29, 1.82) is 5.26 Å². The average molecular weight is 448 g/mol. The number of aromatic nitrogens is 3. The van der Waals surface area contributed by atoms with E-state index in [9.17, 15) is 10.1 Å². The minimum Gasteiger partial charge on any atom is -0.494 e. The van der Waals surface area contributed by atoms with Gasteiger partial charge in [0, 0.05) is 11.3 Å². The molecule has 7 nitrogen and oxygen atoms in total. The lowest BCUT2D eigenvalue weighted by molar-refractivity contribution is -0.119. The van der Waals surface area contributed by atoms with E-state index in [1.165, 1.54) is 11.8 Å². The molecule has 1 amide bonds. The molecule has 1 fully saturated rings. The highest BCUT2D eigenvalue weighted by atomic mass is 32.2. The van der Waals surface area contributed by atoms with E-state index in [-0.39, 0.29) is 17.6 Å². The summed E-state index contributed by atoms with van der Waals surface area (Å²) in [6.45, 7) is 4.34. The number of benzene rings is 2. The molecule has 0 spiro atoms. The van der Waals surface area contributed by atoms with Gasteiger partial charge >= 0.3 is 0 Å². The molecule has 0 radical (unpaired) electrons. The van der Waals surface area contributed by atoms with Gasteiger partial charge in [-0.25, -0.2) is 0 Å². The second-order valence-corrected chi connectivity index (χ2v) is 8.80. The number of ether oxygens (including phenoxy) is 1. The van der Waals surface area contributed by atoms with Crippen molar-refractivity contribution in [3.8, 4) is 28.9 Å². The first-order chi connectivity index (χ1) is 15.5. The summed E-state index contributed by atoms with van der Waals surface area (Å²) in [7, 11) is 0. The van der Waals surface area contributed by atoms with Crippen LogP contribution in [0.2, 0.25) is 0 Å². The molecule has 4 rings (SSSR count). The Morgan fingerprint density at radius 1 is 1.22 bits per heavy atom. The predicted molar refractivity (Wildman–Crippen MR) is 124 cm³/mol. The van der Waals surface area contributed by atoms with Crippen LogP contribution in [0.1, 0.15) is 26.7 Å². The maximum Gasteiger partial charge on any atom is 0.231 e. The maximum atomic E-state index is 12.6. The summed E-state index contributed by atoms with van der Waals surface area (Å²) in [5.74, 6) is 1.67. The number of nitriles is 1. The molecule has 1 aliphatic rings. The number of rotatable bonds is 9. The van der Waals surface area contributed by atoms with Crippen LogP contribution in [0.25, 0.3) is 17.1 Å². The Labute approximate surface area is 191 Å². The monoisotopic (exact) mass is 447 g/mol. The number of carbonyl (C=O) groups excluding carboxylic acids is 1. The van der Waals surface area contributed by atoms with E-state index in [4.69, 9.17) is 4.74 Å². The van der Waals surface area contributed by atoms with Gasteiger partial charge in [-0.05, 0) is 56.9 Å². The van der Waals surface area contributed by atoms with E-state index in [1.807, 2.05) is 66.1 Å². The Balaban J connectivity index is 1.58. The smallest absolute Gasteiger partial charge is 0.231 e. The third-order valence-electron chi connectivity index (χ3n) is 5.43. The molecule has 2 aromatic carbocycles. The first-order valence-electron chi connectivity index (χ1n) is 10.6. The summed E-state index contributed by atoms with van der Waals surface area (Å²) in [4.78, 5) is 12.6. The number of nitrogens with zero attached hydrogens (tertiary/aromatic N) is 4. The molecular weight excluding hydrogens is 422 g/mol. The molecule has 1 aliphatic carbocycles. The summed E-state index contributed by atoms with van der Waals surface area (Å²) in [6, 6.07) is 19.8. The van der Waals surface area contributed by atoms with Crippen LogP contribution in [-0.2, 0) is 4.79 Å². The summed E-state index contributed by atoms with van der Waals surface area (Å²) in [6.07, 6.45) is 1.95. The van der Waals surface area contributed by atoms with Crippen molar-refractivity contribution in [3.05, 3.63) is 54.6 Å². The molecule has 3 aromatic rings. The first-order valence-corrected chi connectivity index (χ1v) is 11.6. The van der Waals surface area contributed by atoms with Crippen molar-refractivity contribution < 1.29 is 9.53 Å². The summed E-state index contributed by atoms with van der Waals surface area (Å²) >= 11 is 1.30. The lowest BCUT2D eigenvalue weighted by Crippen LogP contribution is -2.47. The van der Waals surface area contributed by atoms with Crippen LogP contribution in [0.3, 0.4) is 0 Å². The van der Waals surface area contributed by atoms with Crippen LogP contribution in [0.15, 0.2) is 59.8 Å². The van der Waals surface area contributed by atoms with Gasteiger partial charge in [0.25, 0.3) is 0 Å². The van der Waals surface area contributed by atoms with Gasteiger partial charge in [-0.1, -0.05) is 42.1 Å². The van der Waals surface area contributed by atoms with Gasteiger partial charge in [0.1, 0.15) is 11.3 Å². The Bertz CT molecular complexity index is 1120. The molecule has 1 heterocycles. The molecule has 0 bridgehead atoms. The van der Waals surface area contributed by atoms with Crippen molar-refractivity contribution in [3.63, 3.8) is 0 Å². The number of hydrogen-bond donors (Lipinski definition) is 1. The first kappa shape index (κ1) is 21.9. The minimum atomic E-state index is -0.810. The van der Waals surface area contributed by atoms with E-state index in [0.717, 1.165) is 29.8 Å². The van der Waals surface area contributed by atoms with E-state index >= 15 is 0 Å². The van der Waals surface area contributed by atoms with Crippen LogP contribution in [0.4, 0.5) is 0 Å². The van der Waals surface area contributed by atoms with Crippen LogP contribution in [0.5, 0.6) is 5.75 Å². The van der Waals surface area contributed by atoms with Gasteiger partial charge in [-0.15, -0.1) is 10.2 Å². The van der Waals surface area contributed by atoms with Gasteiger partial charge in [0.05, 0.1) is 18.4 Å². The fraction of sp³-hybridized carbons (Fsp3) is 0.333. The Kier molecular flexibility index (Phi) is 6.47. The largest absolute Gasteiger partial charge is 0.494 e. The molecule has 1 atom stereocenters. The zero-order chi connectivity index (χ0) is 22.6. The van der Waals surface area contributed by atoms with E-state index < -0.39 is 5.54 Å². The van der Waals surface area contributed by atoms with E-state index in [2.05, 4.69) is 21.6 Å². The molecule has 0 aliphatic heterocycles. The van der Waals surface area contributed by atoms with Crippen LogP contribution in [0, 0.1) is 17.2 Å². The third-order valence-corrected chi connectivity index (χ3v) is 6.36. The zero-order valence-electron chi connectivity index (χ0n) is 18.1. The van der Waals surface area contributed by atoms with Crippen LogP contribution < -0.4 is 10.1 Å². The molecule has 32 heavy (non-hydrogen) atoms. The fourth-order valence-corrected chi connectivity index (χ4v) is 4.32. The van der Waals surface area contributed by atoms with Crippen molar-refractivity contribution in [2.45, 2.75) is 37.4 Å². The van der Waals surface area contributed by atoms with E-state index in [0.29, 0.717) is 17.6 Å². The van der Waals surface area contributed by atoms with E-state index in [1.54, 1.807) is 6.92 Å². The van der Waals surface area contributed by atoms with Crippen molar-refractivity contribution in [2.24, 2.45) is 5.92 Å². The standard InChI is InChI=1S/C24H25N5O2S/c1-3-31-20-13-11-19(12-14-20)29-22(17-7-5-4-6-8-17)27-28-23(29)32-15-21(30)26-24(2,16-25)18-9-10-18/h4-8,11-14,18H,3,9-10,15H2,1-2H3,(H,26,30). The fourth-order valence-electron chi connectivity index (χ4n) is 3.57. The maximum absolute atomic E-state index is 12.6. The average Bonchev–Trinajstić information content (AvgIpc) is 3.60. The molecule has 1 unspecified atom stereocenters. The van der Waals surface area contributed by atoms with Gasteiger partial charge in [0.2, 0.25) is 5.91 Å². The van der Waals surface area contributed by atoms with Crippen molar-refractivity contribution in [1.82, 2.24) is 20.1 Å². The van der Waals surface area contributed by atoms with Gasteiger partial charge in [-0.3, -0.25) is 9.36 Å². The lowest BCUT2D eigenvalue weighted by Gasteiger charge is -2.22. The molecule has 1 aromatic heterocycles. The normalized spacial score (nSPS) is 14.9. The lowest BCUT2D eigenvalue weighted by atomic mass is 9.98. The second-order valence-electron chi connectivity index (χ2n) is 7.86. The number of thioether (sulfide) groups is 1. The molecule has 8 heteroatoms. The second kappa shape index (κ2) is 9.45. The molecule has 0 saturated heterocycles. The number of nitrogens with one attached hydrogen (secondary N) is 1. The Morgan fingerprint density at radius 3 is 2.56 bits per heavy atom. The SMILES string of the molecule is CCOc1ccc(-n2c(SCC(=O)NC(C)(C#N)C3CC3)nnc2-c2ccccc2)cc1. The topological polar surface area (TPSA) is 92.8 Å². The van der Waals surface area contributed by atoms with Crippen LogP contribution in [-0.4, -0.2) is 38.6 Å². The summed E-state index contributed by atoms with van der Waals surface area (Å²) in [5, 5.41) is 21.8. The quantitative estimate of drug-likeness (QED) is 0.494. The molecule has 1 saturated carbocycles. The van der Waals surface area contributed by atoms with Gasteiger partial charge < -0.3 is 10.1 Å². The minimum absolute atomic E-state index is 0.147. The van der Waals surface area contributed by atoms with Crippen molar-refractivity contribution in [2.75, 3.05) is 12.4 Å². The van der Waals surface area contributed by atoms with Gasteiger partial charge in [-0.2, -0.15) is 5.26 Å². The number of hydrogen-bond acceptors (Lipinski definition) is 6. The summed E-state index contributed by atoms with van der Waals surface area (Å²) in [5.41, 5.74) is 0.992. The molecule has 164 valence electrons. The highest BCUT2D eigenvalue weighted by Gasteiger charge is 2.43. The summed E-state index contributed by atoms with van der Waals surface area (Å²) < 4.78 is 7.50. The Morgan fingerprint density at radius 2 is 1.94 bits per heavy atom. The Hall–Kier alpha value is -3.31. The van der Waals surface area contributed by atoms with Crippen LogP contribution >= 0.6 is 11.8 Å². The highest BCUT2D eigenvalue weighted by Crippen LogP contribution is 2.39. The predicted octanol–water partition coefficient (Wildman–Crippen LogP) is 4.23. The number of carbonyl (C=O) groups is 1. The molecular formula is C24H25N5O2S. The number of amides is 1. The molecule has 1 N–H and O–H groups in total. The highest BCUT2D eigenvalue weighted by molar-refractivity contribution is 7.99.